The molecule has 2 N–H and O–H groups in total. The van der Waals surface area contributed by atoms with Crippen molar-refractivity contribution in [3.8, 4) is 0 Å². The fraction of sp³-hybridized carbons (Fsp3) is 0.952. The van der Waals surface area contributed by atoms with Gasteiger partial charge in [-0.1, -0.05) is 6.92 Å². The molecule has 2 bridgehead atoms. The average molecular weight is 348 g/mol. The van der Waals surface area contributed by atoms with Crippen LogP contribution in [0.2, 0.25) is 0 Å². The lowest BCUT2D eigenvalue weighted by Gasteiger charge is -2.62. The van der Waals surface area contributed by atoms with Gasteiger partial charge in [-0.3, -0.25) is 4.79 Å². The van der Waals surface area contributed by atoms with E-state index in [-0.39, 0.29) is 29.0 Å². The molecule has 4 nitrogen and oxygen atoms in total. The summed E-state index contributed by atoms with van der Waals surface area (Å²) in [5.74, 6) is 2.26. The maximum atomic E-state index is 12.2. The smallest absolute Gasteiger partial charge is 0.133 e. The molecule has 0 aromatic carbocycles. The van der Waals surface area contributed by atoms with Crippen LogP contribution in [0.4, 0.5) is 0 Å². The minimum absolute atomic E-state index is 0.123. The number of carbonyl (C=O) groups is 1. The van der Waals surface area contributed by atoms with Gasteiger partial charge in [-0.15, -0.1) is 0 Å². The topological polar surface area (TPSA) is 66.8 Å². The lowest BCUT2D eigenvalue weighted by atomic mass is 9.43. The van der Waals surface area contributed by atoms with Crippen molar-refractivity contribution in [2.75, 3.05) is 6.61 Å². The van der Waals surface area contributed by atoms with Crippen molar-refractivity contribution in [3.05, 3.63) is 0 Å². The van der Waals surface area contributed by atoms with Gasteiger partial charge in [0.05, 0.1) is 18.8 Å². The number of Topliss-reactive ketones (excluding diaryl/α,β-unsaturated/α-hetero) is 1. The number of hydrogen-bond acceptors (Lipinski definition) is 4. The summed E-state index contributed by atoms with van der Waals surface area (Å²) in [5.41, 5.74) is -0.847. The third-order valence-corrected chi connectivity index (χ3v) is 9.53. The molecule has 5 aliphatic rings. The zero-order valence-corrected chi connectivity index (χ0v) is 15.5. The van der Waals surface area contributed by atoms with Gasteiger partial charge in [0.15, 0.2) is 0 Å². The van der Waals surface area contributed by atoms with Gasteiger partial charge in [0, 0.05) is 17.8 Å². The maximum absolute atomic E-state index is 12.2. The minimum atomic E-state index is -0.835. The summed E-state index contributed by atoms with van der Waals surface area (Å²) in [5, 5.41) is 21.8. The van der Waals surface area contributed by atoms with E-state index in [0.29, 0.717) is 36.6 Å². The molecular formula is C21H32O4. The SMILES string of the molecule is CC(=O)[C@H]1CC[C@H]2[C@@H]3C[C@H]4OC[C@@]5(CC[C@H](O)C[C@]45O)[C@H]3CC[C@]12C. The first kappa shape index (κ1) is 16.7. The zero-order valence-electron chi connectivity index (χ0n) is 15.5. The van der Waals surface area contributed by atoms with Crippen molar-refractivity contribution in [1.29, 1.82) is 0 Å². The largest absolute Gasteiger partial charge is 0.393 e. The van der Waals surface area contributed by atoms with Crippen LogP contribution >= 0.6 is 0 Å². The number of aliphatic hydroxyl groups is 2. The number of fused-ring (bicyclic) bond motifs is 3. The van der Waals surface area contributed by atoms with Crippen LogP contribution < -0.4 is 0 Å². The van der Waals surface area contributed by atoms with Gasteiger partial charge in [0.2, 0.25) is 0 Å². The second-order valence-corrected chi connectivity index (χ2v) is 10.2. The minimum Gasteiger partial charge on any atom is -0.393 e. The number of carbonyl (C=O) groups excluding carboxylic acids is 1. The Morgan fingerprint density at radius 3 is 2.68 bits per heavy atom. The first-order valence-corrected chi connectivity index (χ1v) is 10.3. The van der Waals surface area contributed by atoms with Gasteiger partial charge in [0.25, 0.3) is 0 Å². The number of aliphatic hydroxyl groups excluding tert-OH is 1. The fourth-order valence-electron chi connectivity index (χ4n) is 8.44. The summed E-state index contributed by atoms with van der Waals surface area (Å²) in [6.45, 7) is 4.80. The summed E-state index contributed by atoms with van der Waals surface area (Å²) in [6.07, 6.45) is 6.99. The Kier molecular flexibility index (Phi) is 3.39. The average Bonchev–Trinajstić information content (AvgIpc) is 2.97. The summed E-state index contributed by atoms with van der Waals surface area (Å²) < 4.78 is 6.19. The molecule has 0 amide bonds. The van der Waals surface area contributed by atoms with Gasteiger partial charge in [-0.25, -0.2) is 0 Å². The highest BCUT2D eigenvalue weighted by atomic mass is 16.5. The van der Waals surface area contributed by atoms with E-state index in [0.717, 1.165) is 44.9 Å². The monoisotopic (exact) mass is 348 g/mol. The maximum Gasteiger partial charge on any atom is 0.133 e. The van der Waals surface area contributed by atoms with Gasteiger partial charge in [0.1, 0.15) is 11.4 Å². The Hall–Kier alpha value is -0.450. The predicted molar refractivity (Wildman–Crippen MR) is 92.8 cm³/mol. The molecule has 4 heteroatoms. The van der Waals surface area contributed by atoms with Gasteiger partial charge in [-0.2, -0.15) is 0 Å². The molecule has 4 aliphatic carbocycles. The Morgan fingerprint density at radius 1 is 1.12 bits per heavy atom. The highest BCUT2D eigenvalue weighted by Crippen LogP contribution is 2.70. The van der Waals surface area contributed by atoms with Gasteiger partial charge < -0.3 is 14.9 Å². The van der Waals surface area contributed by atoms with Crippen LogP contribution in [-0.4, -0.2) is 40.4 Å². The lowest BCUT2D eigenvalue weighted by Crippen LogP contribution is -2.66. The molecule has 140 valence electrons. The number of ketones is 1. The predicted octanol–water partition coefficient (Wildman–Crippen LogP) is 2.70. The van der Waals surface area contributed by atoms with Crippen molar-refractivity contribution in [2.45, 2.75) is 83.0 Å². The molecule has 0 aromatic heterocycles. The number of rotatable bonds is 1. The highest BCUT2D eigenvalue weighted by molar-refractivity contribution is 5.79. The number of ether oxygens (including phenoxy) is 1. The zero-order chi connectivity index (χ0) is 17.6. The van der Waals surface area contributed by atoms with E-state index in [2.05, 4.69) is 6.92 Å². The standard InChI is InChI=1S/C21H32O4/c1-12(22)15-3-4-16-14-9-18-21(24)10-13(23)5-8-20(21,11-25-18)17(14)6-7-19(15,16)2/h13-18,23-24H,3-11H2,1-2H3/t13-,14-,15+,16-,17-,18+,19+,20-,21-/m0/s1. The second kappa shape index (κ2) is 5.08. The molecular weight excluding hydrogens is 316 g/mol. The first-order chi connectivity index (χ1) is 11.8. The van der Waals surface area contributed by atoms with Crippen molar-refractivity contribution in [2.24, 2.45) is 34.5 Å². The molecule has 5 fully saturated rings. The van der Waals surface area contributed by atoms with Gasteiger partial charge >= 0.3 is 0 Å². The molecule has 0 unspecified atom stereocenters. The van der Waals surface area contributed by atoms with E-state index in [1.807, 2.05) is 0 Å². The lowest BCUT2D eigenvalue weighted by molar-refractivity contribution is -0.213. The summed E-state index contributed by atoms with van der Waals surface area (Å²) in [7, 11) is 0. The Labute approximate surface area is 150 Å². The van der Waals surface area contributed by atoms with Crippen molar-refractivity contribution in [3.63, 3.8) is 0 Å². The third kappa shape index (κ3) is 1.87. The molecule has 1 heterocycles. The third-order valence-electron chi connectivity index (χ3n) is 9.53. The molecule has 1 aliphatic heterocycles. The van der Waals surface area contributed by atoms with E-state index in [9.17, 15) is 15.0 Å². The number of hydrogen-bond donors (Lipinski definition) is 2. The second-order valence-electron chi connectivity index (χ2n) is 10.2. The van der Waals surface area contributed by atoms with E-state index in [1.54, 1.807) is 6.92 Å². The van der Waals surface area contributed by atoms with Gasteiger partial charge in [-0.05, 0) is 75.0 Å². The molecule has 5 rings (SSSR count). The van der Waals surface area contributed by atoms with E-state index in [4.69, 9.17) is 4.74 Å². The molecule has 0 spiro atoms. The van der Waals surface area contributed by atoms with E-state index >= 15 is 0 Å². The van der Waals surface area contributed by atoms with Crippen LogP contribution in [0.3, 0.4) is 0 Å². The van der Waals surface area contributed by atoms with Crippen LogP contribution in [0.15, 0.2) is 0 Å². The van der Waals surface area contributed by atoms with Crippen LogP contribution in [0, 0.1) is 34.5 Å². The summed E-state index contributed by atoms with van der Waals surface area (Å²) in [6, 6.07) is 0. The quantitative estimate of drug-likeness (QED) is 0.765. The van der Waals surface area contributed by atoms with Crippen molar-refractivity contribution >= 4 is 5.78 Å². The van der Waals surface area contributed by atoms with E-state index < -0.39 is 5.60 Å². The summed E-state index contributed by atoms with van der Waals surface area (Å²) in [4.78, 5) is 12.2. The van der Waals surface area contributed by atoms with Crippen LogP contribution in [0.5, 0.6) is 0 Å². The van der Waals surface area contributed by atoms with Crippen LogP contribution in [-0.2, 0) is 9.53 Å². The molecule has 4 saturated carbocycles. The molecule has 9 atom stereocenters. The van der Waals surface area contributed by atoms with Crippen LogP contribution in [0.1, 0.15) is 65.2 Å². The van der Waals surface area contributed by atoms with Crippen molar-refractivity contribution < 1.29 is 19.7 Å². The van der Waals surface area contributed by atoms with Crippen molar-refractivity contribution in [1.82, 2.24) is 0 Å². The Morgan fingerprint density at radius 2 is 1.92 bits per heavy atom. The Balaban J connectivity index is 1.52. The first-order valence-electron chi connectivity index (χ1n) is 10.3. The fourth-order valence-corrected chi connectivity index (χ4v) is 8.44. The van der Waals surface area contributed by atoms with Crippen LogP contribution in [0.25, 0.3) is 0 Å². The molecule has 25 heavy (non-hydrogen) atoms. The highest BCUT2D eigenvalue weighted by Gasteiger charge is 2.72. The Bertz CT molecular complexity index is 605. The molecule has 1 saturated heterocycles. The molecule has 0 radical (unpaired) electrons. The molecule has 0 aromatic rings. The normalized spacial score (nSPS) is 59.8. The van der Waals surface area contributed by atoms with E-state index in [1.165, 1.54) is 0 Å². The summed E-state index contributed by atoms with van der Waals surface area (Å²) >= 11 is 0.